The molecule has 58 valence electrons. The molecule has 0 amide bonds. The lowest BCUT2D eigenvalue weighted by Crippen LogP contribution is -2.19. The van der Waals surface area contributed by atoms with Crippen molar-refractivity contribution in [3.63, 3.8) is 0 Å². The summed E-state index contributed by atoms with van der Waals surface area (Å²) < 4.78 is 0. The molecule has 0 aromatic heterocycles. The van der Waals surface area contributed by atoms with Gasteiger partial charge in [0.25, 0.3) is 0 Å². The smallest absolute Gasteiger partial charge is 0.0172 e. The van der Waals surface area contributed by atoms with E-state index < -0.39 is 0 Å². The molecule has 0 aromatic carbocycles. The molecular formula is C8H15NS. The van der Waals surface area contributed by atoms with Crippen LogP contribution in [0, 0.1) is 0 Å². The lowest BCUT2D eigenvalue weighted by molar-refractivity contribution is 0.736. The summed E-state index contributed by atoms with van der Waals surface area (Å²) in [5.74, 6) is 1.10. The normalized spacial score (nSPS) is 17.3. The van der Waals surface area contributed by atoms with Crippen molar-refractivity contribution < 1.29 is 0 Å². The van der Waals surface area contributed by atoms with Gasteiger partial charge in [-0.2, -0.15) is 11.8 Å². The highest BCUT2D eigenvalue weighted by molar-refractivity contribution is 7.98. The minimum Gasteiger partial charge on any atom is -0.310 e. The van der Waals surface area contributed by atoms with Crippen LogP contribution in [0.1, 0.15) is 12.8 Å². The molecule has 0 spiro atoms. The second-order valence-electron chi connectivity index (χ2n) is 2.84. The lowest BCUT2D eigenvalue weighted by atomic mass is 10.3. The fraction of sp³-hybridized carbons (Fsp3) is 0.750. The van der Waals surface area contributed by atoms with E-state index in [4.69, 9.17) is 0 Å². The fourth-order valence-corrected chi connectivity index (χ4v) is 1.34. The molecule has 0 bridgehead atoms. The Morgan fingerprint density at radius 3 is 2.90 bits per heavy atom. The largest absolute Gasteiger partial charge is 0.310 e. The molecular weight excluding hydrogens is 142 g/mol. The second kappa shape index (κ2) is 4.04. The van der Waals surface area contributed by atoms with Crippen LogP contribution in [-0.2, 0) is 0 Å². The maximum Gasteiger partial charge on any atom is 0.0172 e. The Labute approximate surface area is 67.3 Å². The van der Waals surface area contributed by atoms with Gasteiger partial charge < -0.3 is 5.32 Å². The summed E-state index contributed by atoms with van der Waals surface area (Å²) in [6, 6.07) is 0.818. The first-order valence-corrected chi connectivity index (χ1v) is 5.11. The molecule has 1 nitrogen and oxygen atoms in total. The average Bonchev–Trinajstić information content (AvgIpc) is 2.67. The zero-order valence-electron chi connectivity index (χ0n) is 6.52. The predicted molar refractivity (Wildman–Crippen MR) is 48.5 cm³/mol. The maximum atomic E-state index is 3.96. The number of rotatable bonds is 5. The van der Waals surface area contributed by atoms with E-state index >= 15 is 0 Å². The van der Waals surface area contributed by atoms with Gasteiger partial charge in [-0.05, 0) is 19.1 Å². The number of thioether (sulfide) groups is 1. The Balaban J connectivity index is 1.94. The summed E-state index contributed by atoms with van der Waals surface area (Å²) >= 11 is 1.84. The molecule has 0 radical (unpaired) electrons. The minimum absolute atomic E-state index is 0.818. The van der Waals surface area contributed by atoms with Crippen molar-refractivity contribution in [2.24, 2.45) is 0 Å². The molecule has 1 N–H and O–H groups in total. The fourth-order valence-electron chi connectivity index (χ4n) is 0.831. The van der Waals surface area contributed by atoms with Gasteiger partial charge in [0, 0.05) is 18.3 Å². The minimum atomic E-state index is 0.818. The highest BCUT2D eigenvalue weighted by Gasteiger charge is 2.19. The molecule has 0 atom stereocenters. The van der Waals surface area contributed by atoms with Crippen molar-refractivity contribution in [1.29, 1.82) is 0 Å². The maximum absolute atomic E-state index is 3.96. The van der Waals surface area contributed by atoms with E-state index in [2.05, 4.69) is 18.2 Å². The molecule has 2 heteroatoms. The topological polar surface area (TPSA) is 12.0 Å². The molecule has 1 fully saturated rings. The van der Waals surface area contributed by atoms with Gasteiger partial charge in [0.05, 0.1) is 0 Å². The monoisotopic (exact) mass is 157 g/mol. The zero-order valence-corrected chi connectivity index (χ0v) is 7.34. The van der Waals surface area contributed by atoms with Crippen molar-refractivity contribution in [3.8, 4) is 0 Å². The van der Waals surface area contributed by atoms with Gasteiger partial charge >= 0.3 is 0 Å². The first kappa shape index (κ1) is 8.15. The summed E-state index contributed by atoms with van der Waals surface area (Å²) in [5.41, 5.74) is 1.32. The third kappa shape index (κ3) is 3.28. The molecule has 0 unspecified atom stereocenters. The Kier molecular flexibility index (Phi) is 3.29. The summed E-state index contributed by atoms with van der Waals surface area (Å²) in [6.45, 7) is 4.98. The average molecular weight is 157 g/mol. The first-order valence-electron chi connectivity index (χ1n) is 3.72. The van der Waals surface area contributed by atoms with Crippen LogP contribution in [0.5, 0.6) is 0 Å². The van der Waals surface area contributed by atoms with Crippen LogP contribution in [-0.4, -0.2) is 24.6 Å². The number of hydrogen-bond acceptors (Lipinski definition) is 2. The highest BCUT2D eigenvalue weighted by Crippen LogP contribution is 2.18. The Hall–Kier alpha value is 0.0500. The molecule has 1 aliphatic rings. The van der Waals surface area contributed by atoms with Gasteiger partial charge in [-0.25, -0.2) is 0 Å². The third-order valence-electron chi connectivity index (χ3n) is 1.57. The molecule has 0 aliphatic heterocycles. The first-order chi connectivity index (χ1) is 4.83. The summed E-state index contributed by atoms with van der Waals surface area (Å²) in [7, 11) is 0. The van der Waals surface area contributed by atoms with E-state index in [0.717, 1.165) is 18.3 Å². The standard InChI is InChI=1S/C8H15NS/c1-7(6-10-2)5-9-8-3-4-8/h8-9H,1,3-6H2,2H3. The molecule has 1 aliphatic carbocycles. The van der Waals surface area contributed by atoms with Crippen LogP contribution in [0.4, 0.5) is 0 Å². The van der Waals surface area contributed by atoms with Crippen molar-refractivity contribution in [1.82, 2.24) is 5.32 Å². The van der Waals surface area contributed by atoms with Crippen LogP contribution in [0.3, 0.4) is 0 Å². The molecule has 1 saturated carbocycles. The van der Waals surface area contributed by atoms with E-state index in [-0.39, 0.29) is 0 Å². The number of hydrogen-bond donors (Lipinski definition) is 1. The van der Waals surface area contributed by atoms with Crippen molar-refractivity contribution in [3.05, 3.63) is 12.2 Å². The van der Waals surface area contributed by atoms with Crippen molar-refractivity contribution in [2.45, 2.75) is 18.9 Å². The van der Waals surface area contributed by atoms with Crippen LogP contribution < -0.4 is 5.32 Å². The van der Waals surface area contributed by atoms with E-state index in [1.165, 1.54) is 18.4 Å². The second-order valence-corrected chi connectivity index (χ2v) is 3.70. The zero-order chi connectivity index (χ0) is 7.40. The van der Waals surface area contributed by atoms with Crippen molar-refractivity contribution in [2.75, 3.05) is 18.6 Å². The number of nitrogens with one attached hydrogen (secondary N) is 1. The molecule has 10 heavy (non-hydrogen) atoms. The third-order valence-corrected chi connectivity index (χ3v) is 2.26. The van der Waals surface area contributed by atoms with Crippen LogP contribution in [0.2, 0.25) is 0 Å². The Morgan fingerprint density at radius 1 is 1.70 bits per heavy atom. The molecule has 0 heterocycles. The van der Waals surface area contributed by atoms with Crippen LogP contribution in [0.25, 0.3) is 0 Å². The summed E-state index contributed by atoms with van der Waals surface area (Å²) in [5, 5.41) is 3.43. The van der Waals surface area contributed by atoms with Gasteiger partial charge in [-0.3, -0.25) is 0 Å². The Morgan fingerprint density at radius 2 is 2.40 bits per heavy atom. The van der Waals surface area contributed by atoms with Gasteiger partial charge in [0.15, 0.2) is 0 Å². The highest BCUT2D eigenvalue weighted by atomic mass is 32.2. The SMILES string of the molecule is C=C(CNC1CC1)CSC. The summed E-state index contributed by atoms with van der Waals surface area (Å²) in [4.78, 5) is 0. The van der Waals surface area contributed by atoms with E-state index in [1.807, 2.05) is 11.8 Å². The van der Waals surface area contributed by atoms with E-state index in [0.29, 0.717) is 0 Å². The predicted octanol–water partition coefficient (Wildman–Crippen LogP) is 1.66. The van der Waals surface area contributed by atoms with Gasteiger partial charge in [-0.1, -0.05) is 12.2 Å². The Bertz CT molecular complexity index is 118. The van der Waals surface area contributed by atoms with Gasteiger partial charge in [-0.15, -0.1) is 0 Å². The van der Waals surface area contributed by atoms with E-state index in [9.17, 15) is 0 Å². The quantitative estimate of drug-likeness (QED) is 0.609. The summed E-state index contributed by atoms with van der Waals surface area (Å²) in [6.07, 6.45) is 4.85. The van der Waals surface area contributed by atoms with Crippen molar-refractivity contribution >= 4 is 11.8 Å². The van der Waals surface area contributed by atoms with Gasteiger partial charge in [0.1, 0.15) is 0 Å². The van der Waals surface area contributed by atoms with E-state index in [1.54, 1.807) is 0 Å². The molecule has 0 saturated heterocycles. The van der Waals surface area contributed by atoms with Gasteiger partial charge in [0.2, 0.25) is 0 Å². The molecule has 1 rings (SSSR count). The lowest BCUT2D eigenvalue weighted by Gasteiger charge is -2.03. The van der Waals surface area contributed by atoms with Crippen LogP contribution >= 0.6 is 11.8 Å². The molecule has 0 aromatic rings. The van der Waals surface area contributed by atoms with Crippen LogP contribution in [0.15, 0.2) is 12.2 Å².